The Labute approximate surface area is 166 Å². The van der Waals surface area contributed by atoms with E-state index >= 15 is 0 Å². The van der Waals surface area contributed by atoms with Crippen LogP contribution in [0.25, 0.3) is 0 Å². The second kappa shape index (κ2) is 10.3. The Bertz CT molecular complexity index is 772. The van der Waals surface area contributed by atoms with E-state index in [0.717, 1.165) is 5.56 Å². The van der Waals surface area contributed by atoms with Gasteiger partial charge in [0.2, 0.25) is 10.0 Å². The summed E-state index contributed by atoms with van der Waals surface area (Å²) < 4.78 is 32.2. The summed E-state index contributed by atoms with van der Waals surface area (Å²) in [7, 11) is -1.85. The molecule has 0 aliphatic carbocycles. The van der Waals surface area contributed by atoms with Gasteiger partial charge in [0, 0.05) is 46.3 Å². The number of carbonyl (C=O) groups is 1. The van der Waals surface area contributed by atoms with Crippen LogP contribution in [0.15, 0.2) is 34.2 Å². The predicted molar refractivity (Wildman–Crippen MR) is 108 cm³/mol. The molecule has 1 aromatic carbocycles. The number of amides is 1. The number of nitrogens with one attached hydrogen (secondary N) is 2. The van der Waals surface area contributed by atoms with Gasteiger partial charge in [-0.1, -0.05) is 17.7 Å². The zero-order chi connectivity index (χ0) is 20.6. The molecular weight excluding hydrogens is 382 g/mol. The Hall–Kier alpha value is -2.33. The van der Waals surface area contributed by atoms with Gasteiger partial charge in [-0.2, -0.15) is 0 Å². The second-order valence-corrected chi connectivity index (χ2v) is 8.12. The first-order valence-electron chi connectivity index (χ1n) is 9.31. The van der Waals surface area contributed by atoms with Crippen molar-refractivity contribution in [2.75, 3.05) is 52.9 Å². The summed E-state index contributed by atoms with van der Waals surface area (Å²) in [4.78, 5) is 19.9. The first-order chi connectivity index (χ1) is 13.4. The van der Waals surface area contributed by atoms with E-state index in [0.29, 0.717) is 45.3 Å². The minimum atomic E-state index is -3.53. The van der Waals surface area contributed by atoms with Gasteiger partial charge < -0.3 is 19.9 Å². The molecule has 9 nitrogen and oxygen atoms in total. The number of carbonyl (C=O) groups excluding carboxylic acids is 1. The van der Waals surface area contributed by atoms with Crippen molar-refractivity contribution in [2.45, 2.75) is 18.7 Å². The van der Waals surface area contributed by atoms with Gasteiger partial charge in [0.05, 0.1) is 11.5 Å². The molecule has 156 valence electrons. The Kier molecular flexibility index (Phi) is 8.06. The maximum absolute atomic E-state index is 12.3. The van der Waals surface area contributed by atoms with E-state index in [1.165, 1.54) is 0 Å². The van der Waals surface area contributed by atoms with Gasteiger partial charge in [0.15, 0.2) is 5.96 Å². The number of aliphatic imine (C=N–C) groups is 1. The molecule has 0 unspecified atom stereocenters. The van der Waals surface area contributed by atoms with Crippen molar-refractivity contribution in [1.29, 1.82) is 0 Å². The molecule has 28 heavy (non-hydrogen) atoms. The zero-order valence-corrected chi connectivity index (χ0v) is 17.5. The minimum Gasteiger partial charge on any atom is -0.450 e. The van der Waals surface area contributed by atoms with E-state index in [4.69, 9.17) is 4.74 Å². The molecule has 1 aromatic rings. The molecule has 1 fully saturated rings. The van der Waals surface area contributed by atoms with Gasteiger partial charge in [-0.15, -0.1) is 0 Å². The van der Waals surface area contributed by atoms with E-state index in [1.54, 1.807) is 43.1 Å². The van der Waals surface area contributed by atoms with Crippen molar-refractivity contribution in [3.63, 3.8) is 0 Å². The number of hydrogen-bond acceptors (Lipinski definition) is 5. The second-order valence-electron chi connectivity index (χ2n) is 6.36. The lowest BCUT2D eigenvalue weighted by Crippen LogP contribution is -2.54. The number of hydrogen-bond donors (Lipinski definition) is 2. The lowest BCUT2D eigenvalue weighted by atomic mass is 10.2. The predicted octanol–water partition coefficient (Wildman–Crippen LogP) is 0.623. The number of ether oxygens (including phenoxy) is 1. The fourth-order valence-corrected chi connectivity index (χ4v) is 3.84. The van der Waals surface area contributed by atoms with Crippen molar-refractivity contribution in [3.8, 4) is 0 Å². The molecule has 1 aliphatic rings. The van der Waals surface area contributed by atoms with Gasteiger partial charge >= 0.3 is 6.09 Å². The third kappa shape index (κ3) is 6.10. The van der Waals surface area contributed by atoms with Crippen LogP contribution in [0.4, 0.5) is 4.79 Å². The van der Waals surface area contributed by atoms with Crippen LogP contribution < -0.4 is 10.0 Å². The van der Waals surface area contributed by atoms with E-state index in [-0.39, 0.29) is 17.5 Å². The smallest absolute Gasteiger partial charge is 0.409 e. The number of nitrogens with zero attached hydrogens (tertiary/aromatic N) is 3. The molecule has 2 N–H and O–H groups in total. The Morgan fingerprint density at radius 2 is 1.71 bits per heavy atom. The molecule has 0 saturated carbocycles. The van der Waals surface area contributed by atoms with Crippen molar-refractivity contribution in [1.82, 2.24) is 19.8 Å². The van der Waals surface area contributed by atoms with E-state index in [9.17, 15) is 13.2 Å². The number of piperazine rings is 1. The molecule has 0 atom stereocenters. The van der Waals surface area contributed by atoms with Crippen molar-refractivity contribution in [2.24, 2.45) is 4.99 Å². The summed E-state index contributed by atoms with van der Waals surface area (Å²) in [5.74, 6) is 0.679. The van der Waals surface area contributed by atoms with Gasteiger partial charge in [-0.25, -0.2) is 17.9 Å². The van der Waals surface area contributed by atoms with E-state index in [1.807, 2.05) is 11.8 Å². The Morgan fingerprint density at radius 3 is 2.29 bits per heavy atom. The van der Waals surface area contributed by atoms with Crippen LogP contribution in [0.3, 0.4) is 0 Å². The van der Waals surface area contributed by atoms with Crippen LogP contribution in [-0.2, 0) is 14.8 Å². The van der Waals surface area contributed by atoms with Crippen LogP contribution in [0.1, 0.15) is 12.5 Å². The quantitative estimate of drug-likeness (QED) is 0.404. The third-order valence-corrected chi connectivity index (χ3v) is 5.83. The first-order valence-corrected chi connectivity index (χ1v) is 10.8. The van der Waals surface area contributed by atoms with Crippen LogP contribution in [0.2, 0.25) is 0 Å². The first kappa shape index (κ1) is 22.0. The molecule has 0 radical (unpaired) electrons. The van der Waals surface area contributed by atoms with Gasteiger partial charge in [0.1, 0.15) is 0 Å². The summed E-state index contributed by atoms with van der Waals surface area (Å²) in [6.45, 7) is 7.06. The molecule has 1 amide bonds. The highest BCUT2D eigenvalue weighted by Gasteiger charge is 2.23. The molecule has 1 heterocycles. The molecule has 1 aliphatic heterocycles. The summed E-state index contributed by atoms with van der Waals surface area (Å²) in [5.41, 5.74) is 1.01. The minimum absolute atomic E-state index is 0.234. The topological polar surface area (TPSA) is 103 Å². The normalized spacial score (nSPS) is 15.5. The monoisotopic (exact) mass is 411 g/mol. The van der Waals surface area contributed by atoms with Gasteiger partial charge in [-0.3, -0.25) is 4.99 Å². The summed E-state index contributed by atoms with van der Waals surface area (Å²) in [6, 6.07) is 6.72. The Morgan fingerprint density at radius 1 is 1.11 bits per heavy atom. The van der Waals surface area contributed by atoms with Crippen LogP contribution >= 0.6 is 0 Å². The average molecular weight is 412 g/mol. The summed E-state index contributed by atoms with van der Waals surface area (Å²) in [5, 5.41) is 3.16. The number of guanidine groups is 1. The molecule has 2 rings (SSSR count). The number of rotatable bonds is 6. The lowest BCUT2D eigenvalue weighted by molar-refractivity contribution is 0.0915. The van der Waals surface area contributed by atoms with Crippen LogP contribution in [0, 0.1) is 6.92 Å². The van der Waals surface area contributed by atoms with Crippen LogP contribution in [-0.4, -0.2) is 83.2 Å². The molecule has 1 saturated heterocycles. The lowest BCUT2D eigenvalue weighted by Gasteiger charge is -2.35. The molecule has 10 heteroatoms. The highest BCUT2D eigenvalue weighted by atomic mass is 32.2. The maximum Gasteiger partial charge on any atom is 0.409 e. The van der Waals surface area contributed by atoms with Crippen molar-refractivity contribution < 1.29 is 17.9 Å². The summed E-state index contributed by atoms with van der Waals surface area (Å²) in [6.07, 6.45) is -0.296. The molecular formula is C18H29N5O4S. The molecule has 0 spiro atoms. The zero-order valence-electron chi connectivity index (χ0n) is 16.6. The number of aryl methyl sites for hydroxylation is 1. The van der Waals surface area contributed by atoms with E-state index in [2.05, 4.69) is 15.0 Å². The van der Waals surface area contributed by atoms with Crippen molar-refractivity contribution in [3.05, 3.63) is 29.8 Å². The third-order valence-electron chi connectivity index (χ3n) is 4.35. The fraction of sp³-hybridized carbons (Fsp3) is 0.556. The number of benzene rings is 1. The highest BCUT2D eigenvalue weighted by molar-refractivity contribution is 7.89. The molecule has 0 aromatic heterocycles. The van der Waals surface area contributed by atoms with E-state index < -0.39 is 10.0 Å². The average Bonchev–Trinajstić information content (AvgIpc) is 2.69. The SMILES string of the molecule is CCOC(=O)N1CCN(C(=NC)NCCNS(=O)(=O)c2ccc(C)cc2)CC1. The largest absolute Gasteiger partial charge is 0.450 e. The van der Waals surface area contributed by atoms with Gasteiger partial charge in [0.25, 0.3) is 0 Å². The van der Waals surface area contributed by atoms with Gasteiger partial charge in [-0.05, 0) is 26.0 Å². The highest BCUT2D eigenvalue weighted by Crippen LogP contribution is 2.09. The van der Waals surface area contributed by atoms with Crippen LogP contribution in [0.5, 0.6) is 0 Å². The maximum atomic E-state index is 12.3. The fourth-order valence-electron chi connectivity index (χ4n) is 2.81. The number of sulfonamides is 1. The Balaban J connectivity index is 1.77. The van der Waals surface area contributed by atoms with Crippen molar-refractivity contribution >= 4 is 22.1 Å². The summed E-state index contributed by atoms with van der Waals surface area (Å²) >= 11 is 0. The standard InChI is InChI=1S/C18H29N5O4S/c1-4-27-18(24)23-13-11-22(12-14-23)17(19-3)20-9-10-21-28(25,26)16-7-5-15(2)6-8-16/h5-8,21H,4,9-14H2,1-3H3,(H,19,20). The molecule has 0 bridgehead atoms.